The van der Waals surface area contributed by atoms with Crippen LogP contribution in [0.1, 0.15) is 36.6 Å². The van der Waals surface area contributed by atoms with Crippen molar-refractivity contribution >= 4 is 29.1 Å². The number of aliphatic hydroxyl groups is 1. The van der Waals surface area contributed by atoms with Crippen LogP contribution in [0.3, 0.4) is 0 Å². The average Bonchev–Trinajstić information content (AvgIpc) is 3.13. The number of aliphatic hydroxyl groups excluding tert-OH is 1. The number of ketones is 1. The number of amides is 1. The molecule has 0 saturated carbocycles. The first-order chi connectivity index (χ1) is 17.7. The Hall–Kier alpha value is -3.97. The highest BCUT2D eigenvalue weighted by Gasteiger charge is 2.46. The number of methoxy groups -OCH3 is 1. The molecule has 0 spiro atoms. The molecule has 37 heavy (non-hydrogen) atoms. The van der Waals surface area contributed by atoms with E-state index in [9.17, 15) is 19.8 Å². The summed E-state index contributed by atoms with van der Waals surface area (Å²) in [5, 5.41) is 21.3. The first-order valence-corrected chi connectivity index (χ1v) is 12.2. The summed E-state index contributed by atoms with van der Waals surface area (Å²) in [5.74, 6) is -0.419. The van der Waals surface area contributed by atoms with Gasteiger partial charge in [0, 0.05) is 12.1 Å². The number of rotatable bonds is 8. The van der Waals surface area contributed by atoms with Crippen molar-refractivity contribution in [1.29, 1.82) is 0 Å². The smallest absolute Gasteiger partial charge is 0.295 e. The molecule has 1 amide bonds. The Morgan fingerprint density at radius 2 is 1.65 bits per heavy atom. The van der Waals surface area contributed by atoms with Crippen LogP contribution in [0.25, 0.3) is 5.76 Å². The van der Waals surface area contributed by atoms with E-state index in [0.717, 1.165) is 5.56 Å². The Morgan fingerprint density at radius 1 is 1.00 bits per heavy atom. The highest BCUT2D eigenvalue weighted by Crippen LogP contribution is 2.42. The maximum atomic E-state index is 13.3. The van der Waals surface area contributed by atoms with E-state index in [-0.39, 0.29) is 28.5 Å². The van der Waals surface area contributed by atoms with E-state index >= 15 is 0 Å². The molecule has 2 N–H and O–H groups in total. The SMILES string of the molecule is COc1ccc(Cl)c(/C(O)=C2\C(=O)C(=O)N(Cc3ccc(OCC(C)C)cc3)C2c2ccc(O)cc2)c1. The second kappa shape index (κ2) is 11.0. The second-order valence-electron chi connectivity index (χ2n) is 9.21. The van der Waals surface area contributed by atoms with Crippen molar-refractivity contribution in [3.05, 3.63) is 94.0 Å². The molecule has 0 radical (unpaired) electrons. The van der Waals surface area contributed by atoms with Crippen LogP contribution < -0.4 is 9.47 Å². The average molecular weight is 522 g/mol. The number of hydrogen-bond donors (Lipinski definition) is 2. The minimum atomic E-state index is -0.903. The van der Waals surface area contributed by atoms with Crippen molar-refractivity contribution < 1.29 is 29.3 Å². The van der Waals surface area contributed by atoms with Crippen molar-refractivity contribution in [3.63, 3.8) is 0 Å². The fourth-order valence-electron chi connectivity index (χ4n) is 4.15. The zero-order chi connectivity index (χ0) is 26.7. The normalized spacial score (nSPS) is 16.9. The summed E-state index contributed by atoms with van der Waals surface area (Å²) in [6.07, 6.45) is 0. The minimum Gasteiger partial charge on any atom is -0.508 e. The van der Waals surface area contributed by atoms with Gasteiger partial charge in [-0.2, -0.15) is 0 Å². The number of likely N-dealkylation sites (tertiary alicyclic amines) is 1. The van der Waals surface area contributed by atoms with Crippen LogP contribution in [0.2, 0.25) is 5.02 Å². The van der Waals surface area contributed by atoms with Crippen LogP contribution in [0.4, 0.5) is 0 Å². The highest BCUT2D eigenvalue weighted by molar-refractivity contribution is 6.47. The number of carbonyl (C=O) groups excluding carboxylic acids is 2. The quantitative estimate of drug-likeness (QED) is 0.224. The number of hydrogen-bond acceptors (Lipinski definition) is 6. The number of halogens is 1. The molecule has 192 valence electrons. The number of nitrogens with zero attached hydrogens (tertiary/aromatic N) is 1. The Morgan fingerprint density at radius 3 is 2.27 bits per heavy atom. The molecule has 1 aliphatic heterocycles. The first kappa shape index (κ1) is 26.1. The van der Waals surface area contributed by atoms with Crippen molar-refractivity contribution in [2.75, 3.05) is 13.7 Å². The van der Waals surface area contributed by atoms with Crippen molar-refractivity contribution in [2.45, 2.75) is 26.4 Å². The third-order valence-corrected chi connectivity index (χ3v) is 6.37. The van der Waals surface area contributed by atoms with Gasteiger partial charge in [0.25, 0.3) is 11.7 Å². The molecule has 1 atom stereocenters. The number of phenols is 1. The van der Waals surface area contributed by atoms with Crippen LogP contribution >= 0.6 is 11.6 Å². The first-order valence-electron chi connectivity index (χ1n) is 11.8. The number of carbonyl (C=O) groups is 2. The fraction of sp³-hybridized carbons (Fsp3) is 0.241. The Kier molecular flexibility index (Phi) is 7.74. The van der Waals surface area contributed by atoms with E-state index in [2.05, 4.69) is 13.8 Å². The van der Waals surface area contributed by atoms with Crippen LogP contribution in [0.15, 0.2) is 72.3 Å². The Balaban J connectivity index is 1.76. The number of benzene rings is 3. The third kappa shape index (κ3) is 5.57. The molecule has 0 aliphatic carbocycles. The third-order valence-electron chi connectivity index (χ3n) is 6.04. The Bertz CT molecular complexity index is 1330. The fourth-order valence-corrected chi connectivity index (χ4v) is 4.36. The van der Waals surface area contributed by atoms with E-state index in [0.29, 0.717) is 29.6 Å². The summed E-state index contributed by atoms with van der Waals surface area (Å²) in [6, 6.07) is 17.2. The molecule has 1 heterocycles. The summed E-state index contributed by atoms with van der Waals surface area (Å²) >= 11 is 6.35. The standard InChI is InChI=1S/C29H28ClNO6/c1-17(2)16-37-21-10-4-18(5-11-21)15-31-26(19-6-8-20(32)9-7-19)25(28(34)29(31)35)27(33)23-14-22(36-3)12-13-24(23)30/h4-14,17,26,32-33H,15-16H2,1-3H3/b27-25+. The van der Waals surface area contributed by atoms with Gasteiger partial charge in [0.1, 0.15) is 23.0 Å². The lowest BCUT2D eigenvalue weighted by Gasteiger charge is -2.25. The molecule has 1 unspecified atom stereocenters. The molecule has 1 saturated heterocycles. The van der Waals surface area contributed by atoms with E-state index in [4.69, 9.17) is 21.1 Å². The molecule has 0 aromatic heterocycles. The Labute approximate surface area is 220 Å². The minimum absolute atomic E-state index is 0.0357. The number of Topliss-reactive ketones (excluding diaryl/α,β-unsaturated/α-hetero) is 1. The summed E-state index contributed by atoms with van der Waals surface area (Å²) < 4.78 is 11.0. The van der Waals surface area contributed by atoms with Gasteiger partial charge in [0.05, 0.1) is 30.4 Å². The van der Waals surface area contributed by atoms with Gasteiger partial charge >= 0.3 is 0 Å². The van der Waals surface area contributed by atoms with Gasteiger partial charge in [-0.3, -0.25) is 9.59 Å². The molecule has 7 nitrogen and oxygen atoms in total. The van der Waals surface area contributed by atoms with Gasteiger partial charge in [-0.1, -0.05) is 49.7 Å². The van der Waals surface area contributed by atoms with Gasteiger partial charge in [-0.05, 0) is 59.5 Å². The molecule has 8 heteroatoms. The molecule has 3 aromatic carbocycles. The summed E-state index contributed by atoms with van der Waals surface area (Å²) in [5.41, 5.74) is 1.41. The van der Waals surface area contributed by atoms with E-state index in [1.807, 2.05) is 24.3 Å². The van der Waals surface area contributed by atoms with E-state index in [1.165, 1.54) is 30.2 Å². The van der Waals surface area contributed by atoms with Crippen molar-refractivity contribution in [3.8, 4) is 17.2 Å². The maximum absolute atomic E-state index is 13.3. The summed E-state index contributed by atoms with van der Waals surface area (Å²) in [6.45, 7) is 4.82. The predicted molar refractivity (Wildman–Crippen MR) is 141 cm³/mol. The van der Waals surface area contributed by atoms with Gasteiger partial charge < -0.3 is 24.6 Å². The molecular formula is C29H28ClNO6. The molecule has 0 bridgehead atoms. The van der Waals surface area contributed by atoms with Crippen LogP contribution in [0, 0.1) is 5.92 Å². The summed E-state index contributed by atoms with van der Waals surface area (Å²) in [4.78, 5) is 27.9. The molecule has 1 aliphatic rings. The molecular weight excluding hydrogens is 494 g/mol. The largest absolute Gasteiger partial charge is 0.508 e. The monoisotopic (exact) mass is 521 g/mol. The molecule has 4 rings (SSSR count). The molecule has 3 aromatic rings. The number of phenolic OH excluding ortho intramolecular Hbond substituents is 1. The van der Waals surface area contributed by atoms with E-state index in [1.54, 1.807) is 24.3 Å². The highest BCUT2D eigenvalue weighted by atomic mass is 35.5. The number of ether oxygens (including phenoxy) is 2. The van der Waals surface area contributed by atoms with Crippen molar-refractivity contribution in [1.82, 2.24) is 4.90 Å². The van der Waals surface area contributed by atoms with Crippen molar-refractivity contribution in [2.24, 2.45) is 5.92 Å². The zero-order valence-electron chi connectivity index (χ0n) is 20.8. The lowest BCUT2D eigenvalue weighted by Crippen LogP contribution is -2.29. The topological polar surface area (TPSA) is 96.3 Å². The second-order valence-corrected chi connectivity index (χ2v) is 9.62. The van der Waals surface area contributed by atoms with E-state index < -0.39 is 23.5 Å². The summed E-state index contributed by atoms with van der Waals surface area (Å²) in [7, 11) is 1.47. The van der Waals surface area contributed by atoms with Gasteiger partial charge in [0.15, 0.2) is 0 Å². The van der Waals surface area contributed by atoms with Gasteiger partial charge in [0.2, 0.25) is 0 Å². The van der Waals surface area contributed by atoms with Crippen LogP contribution in [-0.2, 0) is 16.1 Å². The maximum Gasteiger partial charge on any atom is 0.295 e. The zero-order valence-corrected chi connectivity index (χ0v) is 21.5. The van der Waals surface area contributed by atoms with Crippen LogP contribution in [-0.4, -0.2) is 40.5 Å². The van der Waals surface area contributed by atoms with Gasteiger partial charge in [-0.25, -0.2) is 0 Å². The van der Waals surface area contributed by atoms with Gasteiger partial charge in [-0.15, -0.1) is 0 Å². The lowest BCUT2D eigenvalue weighted by molar-refractivity contribution is -0.140. The number of aromatic hydroxyl groups is 1. The van der Waals surface area contributed by atoms with Crippen LogP contribution in [0.5, 0.6) is 17.2 Å². The lowest BCUT2D eigenvalue weighted by atomic mass is 9.95. The predicted octanol–water partition coefficient (Wildman–Crippen LogP) is 5.71. The molecule has 1 fully saturated rings.